The van der Waals surface area contributed by atoms with Crippen LogP contribution < -0.4 is 10.1 Å². The number of amides is 1. The summed E-state index contributed by atoms with van der Waals surface area (Å²) in [5, 5.41) is 14.3. The molecule has 5 atom stereocenters. The number of likely N-dealkylation sites (tertiary alicyclic amines) is 1. The number of carboxylic acids is 1. The number of hydrogen-bond donors (Lipinski definition) is 2. The second-order valence-corrected chi connectivity index (χ2v) is 14.2. The monoisotopic (exact) mass is 584 g/mol. The molecule has 2 aromatic carbocycles. The third-order valence-electron chi connectivity index (χ3n) is 8.99. The molecular weight excluding hydrogens is 538 g/mol. The Morgan fingerprint density at radius 2 is 1.74 bits per heavy atom. The van der Waals surface area contributed by atoms with Crippen LogP contribution in [-0.2, 0) is 21.5 Å². The molecule has 1 heterocycles. The van der Waals surface area contributed by atoms with Crippen molar-refractivity contribution in [1.82, 2.24) is 10.2 Å². The SMILES string of the molecule is COc1ccc(C(C)(C)C)cc1CN[C@H]1[C@H](C(C)(C)C)[C@@H](C(=O)O)N(C(=O)CC2CCC(F)(F)C2)[C@H]1c1ccccc1. The van der Waals surface area contributed by atoms with Gasteiger partial charge in [0.1, 0.15) is 11.8 Å². The number of methoxy groups -OCH3 is 1. The summed E-state index contributed by atoms with van der Waals surface area (Å²) in [5.74, 6) is -4.46. The van der Waals surface area contributed by atoms with E-state index in [1.54, 1.807) is 7.11 Å². The second kappa shape index (κ2) is 11.9. The molecule has 2 fully saturated rings. The molecule has 2 N–H and O–H groups in total. The maximum absolute atomic E-state index is 14.0. The first-order valence-corrected chi connectivity index (χ1v) is 14.9. The van der Waals surface area contributed by atoms with Crippen LogP contribution in [0, 0.1) is 17.3 Å². The molecule has 0 bridgehead atoms. The minimum absolute atomic E-state index is 0.0798. The van der Waals surface area contributed by atoms with Gasteiger partial charge >= 0.3 is 5.97 Å². The third-order valence-corrected chi connectivity index (χ3v) is 8.99. The lowest BCUT2D eigenvalue weighted by Gasteiger charge is -2.35. The number of nitrogens with one attached hydrogen (secondary N) is 1. The molecule has 1 saturated heterocycles. The van der Waals surface area contributed by atoms with Crippen molar-refractivity contribution in [2.75, 3.05) is 7.11 Å². The van der Waals surface area contributed by atoms with Crippen molar-refractivity contribution in [3.63, 3.8) is 0 Å². The van der Waals surface area contributed by atoms with E-state index in [0.717, 1.165) is 22.4 Å². The van der Waals surface area contributed by atoms with Gasteiger partial charge in [0, 0.05) is 43.3 Å². The molecule has 1 amide bonds. The van der Waals surface area contributed by atoms with Crippen molar-refractivity contribution in [3.05, 3.63) is 65.2 Å². The summed E-state index contributed by atoms with van der Waals surface area (Å²) in [6.45, 7) is 12.8. The van der Waals surface area contributed by atoms with Gasteiger partial charge in [-0.2, -0.15) is 0 Å². The fourth-order valence-electron chi connectivity index (χ4n) is 6.94. The Morgan fingerprint density at radius 3 is 2.26 bits per heavy atom. The van der Waals surface area contributed by atoms with Gasteiger partial charge in [-0.25, -0.2) is 13.6 Å². The van der Waals surface area contributed by atoms with Crippen LogP contribution in [0.2, 0.25) is 0 Å². The van der Waals surface area contributed by atoms with Crippen molar-refractivity contribution >= 4 is 11.9 Å². The van der Waals surface area contributed by atoms with Crippen LogP contribution in [0.4, 0.5) is 8.78 Å². The molecule has 1 saturated carbocycles. The van der Waals surface area contributed by atoms with Crippen LogP contribution in [0.25, 0.3) is 0 Å². The van der Waals surface area contributed by atoms with E-state index in [9.17, 15) is 23.5 Å². The number of carbonyl (C=O) groups is 2. The first kappa shape index (κ1) is 31.9. The molecule has 230 valence electrons. The maximum Gasteiger partial charge on any atom is 0.326 e. The van der Waals surface area contributed by atoms with Gasteiger partial charge in [-0.1, -0.05) is 84.0 Å². The van der Waals surface area contributed by atoms with Gasteiger partial charge in [-0.05, 0) is 40.4 Å². The summed E-state index contributed by atoms with van der Waals surface area (Å²) in [6, 6.07) is 13.4. The van der Waals surface area contributed by atoms with Gasteiger partial charge in [0.25, 0.3) is 0 Å². The minimum atomic E-state index is -2.78. The van der Waals surface area contributed by atoms with Gasteiger partial charge in [-0.3, -0.25) is 4.79 Å². The zero-order chi connectivity index (χ0) is 31.0. The molecule has 1 aliphatic heterocycles. The van der Waals surface area contributed by atoms with E-state index in [-0.39, 0.29) is 37.0 Å². The Kier molecular flexibility index (Phi) is 9.08. The molecule has 0 spiro atoms. The maximum atomic E-state index is 14.0. The minimum Gasteiger partial charge on any atom is -0.496 e. The highest BCUT2D eigenvalue weighted by Crippen LogP contribution is 2.49. The molecule has 1 aliphatic carbocycles. The number of rotatable bonds is 8. The number of carbonyl (C=O) groups excluding carboxylic acids is 1. The van der Waals surface area contributed by atoms with E-state index in [1.807, 2.05) is 57.2 Å². The summed E-state index contributed by atoms with van der Waals surface area (Å²) < 4.78 is 33.8. The van der Waals surface area contributed by atoms with Gasteiger partial charge in [-0.15, -0.1) is 0 Å². The smallest absolute Gasteiger partial charge is 0.326 e. The Morgan fingerprint density at radius 1 is 1.07 bits per heavy atom. The zero-order valence-electron chi connectivity index (χ0n) is 25.9. The normalized spacial score (nSPS) is 25.9. The lowest BCUT2D eigenvalue weighted by atomic mass is 9.72. The Balaban J connectivity index is 1.77. The summed E-state index contributed by atoms with van der Waals surface area (Å²) in [7, 11) is 1.63. The molecule has 2 aliphatic rings. The van der Waals surface area contributed by atoms with E-state index in [0.29, 0.717) is 6.54 Å². The van der Waals surface area contributed by atoms with Crippen LogP contribution in [0.3, 0.4) is 0 Å². The lowest BCUT2D eigenvalue weighted by molar-refractivity contribution is -0.152. The number of aliphatic carboxylic acids is 1. The van der Waals surface area contributed by atoms with Gasteiger partial charge in [0.15, 0.2) is 0 Å². The van der Waals surface area contributed by atoms with Crippen molar-refractivity contribution in [2.24, 2.45) is 17.3 Å². The van der Waals surface area contributed by atoms with E-state index in [4.69, 9.17) is 4.74 Å². The zero-order valence-corrected chi connectivity index (χ0v) is 25.9. The first-order chi connectivity index (χ1) is 19.5. The number of hydrogen-bond acceptors (Lipinski definition) is 4. The molecule has 2 aromatic rings. The van der Waals surface area contributed by atoms with E-state index in [1.165, 1.54) is 4.90 Å². The predicted octanol–water partition coefficient (Wildman–Crippen LogP) is 6.98. The summed E-state index contributed by atoms with van der Waals surface area (Å²) in [5.41, 5.74) is 2.32. The fraction of sp³-hybridized carbons (Fsp3) is 0.588. The van der Waals surface area contributed by atoms with Gasteiger partial charge in [0.2, 0.25) is 11.8 Å². The highest BCUT2D eigenvalue weighted by Gasteiger charge is 2.58. The first-order valence-electron chi connectivity index (χ1n) is 14.9. The Bertz CT molecular complexity index is 1270. The quantitative estimate of drug-likeness (QED) is 0.350. The van der Waals surface area contributed by atoms with E-state index < -0.39 is 47.3 Å². The molecular formula is C34H46F2N2O4. The Labute approximate surface area is 248 Å². The molecule has 42 heavy (non-hydrogen) atoms. The number of alkyl halides is 2. The highest BCUT2D eigenvalue weighted by molar-refractivity contribution is 5.86. The number of ether oxygens (including phenoxy) is 1. The van der Waals surface area contributed by atoms with Crippen molar-refractivity contribution in [2.45, 2.75) is 103 Å². The van der Waals surface area contributed by atoms with Gasteiger partial charge < -0.3 is 20.1 Å². The molecule has 1 unspecified atom stereocenters. The van der Waals surface area contributed by atoms with Crippen LogP contribution in [0.1, 0.15) is 90.0 Å². The topological polar surface area (TPSA) is 78.9 Å². The van der Waals surface area contributed by atoms with Crippen molar-refractivity contribution in [3.8, 4) is 5.75 Å². The summed E-state index contributed by atoms with van der Waals surface area (Å²) >= 11 is 0. The van der Waals surface area contributed by atoms with Crippen molar-refractivity contribution in [1.29, 1.82) is 0 Å². The third kappa shape index (κ3) is 6.80. The summed E-state index contributed by atoms with van der Waals surface area (Å²) in [6.07, 6.45) is -0.406. The second-order valence-electron chi connectivity index (χ2n) is 14.2. The molecule has 4 rings (SSSR count). The average Bonchev–Trinajstić information content (AvgIpc) is 3.44. The average molecular weight is 585 g/mol. The molecule has 8 heteroatoms. The van der Waals surface area contributed by atoms with Crippen molar-refractivity contribution < 1.29 is 28.2 Å². The van der Waals surface area contributed by atoms with Crippen LogP contribution in [0.15, 0.2) is 48.5 Å². The molecule has 0 aromatic heterocycles. The highest BCUT2D eigenvalue weighted by atomic mass is 19.3. The fourth-order valence-corrected chi connectivity index (χ4v) is 6.94. The predicted molar refractivity (Wildman–Crippen MR) is 160 cm³/mol. The number of benzene rings is 2. The number of nitrogens with zero attached hydrogens (tertiary/aromatic N) is 1. The Hall–Kier alpha value is -3.00. The molecule has 6 nitrogen and oxygen atoms in total. The standard InChI is InChI=1S/C34H46F2N2O4/c1-32(2,3)24-13-14-25(42-7)23(18-24)20-37-28-27(33(4,5)6)30(31(40)41)38(29(28)22-11-9-8-10-12-22)26(39)17-21-15-16-34(35,36)19-21/h8-14,18,21,27-30,37H,15-17,19-20H2,1-7H3,(H,40,41)/t21?,27-,28-,29-,30-/m0/s1. The van der Waals surface area contributed by atoms with Crippen LogP contribution in [-0.4, -0.2) is 47.0 Å². The number of carboxylic acid groups (broad SMARTS) is 1. The van der Waals surface area contributed by atoms with Crippen LogP contribution in [0.5, 0.6) is 5.75 Å². The largest absolute Gasteiger partial charge is 0.496 e. The summed E-state index contributed by atoms with van der Waals surface area (Å²) in [4.78, 5) is 28.5. The van der Waals surface area contributed by atoms with E-state index in [2.05, 4.69) is 38.2 Å². The van der Waals surface area contributed by atoms with Crippen LogP contribution >= 0.6 is 0 Å². The molecule has 0 radical (unpaired) electrons. The van der Waals surface area contributed by atoms with Gasteiger partial charge in [0.05, 0.1) is 13.2 Å². The lowest BCUT2D eigenvalue weighted by Crippen LogP contribution is -2.48. The number of halogens is 2. The van der Waals surface area contributed by atoms with E-state index >= 15 is 0 Å².